The Morgan fingerprint density at radius 1 is 1.35 bits per heavy atom. The minimum Gasteiger partial charge on any atom is -0.382 e. The zero-order valence-electron chi connectivity index (χ0n) is 11.1. The van der Waals surface area contributed by atoms with E-state index in [1.54, 1.807) is 12.1 Å². The third kappa shape index (κ3) is 3.39. The van der Waals surface area contributed by atoms with E-state index >= 15 is 0 Å². The highest BCUT2D eigenvalue weighted by molar-refractivity contribution is 7.19. The average Bonchev–Trinajstić information content (AvgIpc) is 2.86. The maximum absolute atomic E-state index is 12.2. The molecular weight excluding hydrogens is 276 g/mol. The number of nitrogens with zero attached hydrogens (tertiary/aromatic N) is 2. The lowest BCUT2D eigenvalue weighted by atomic mass is 10.1. The minimum absolute atomic E-state index is 0.217. The number of anilines is 2. The van der Waals surface area contributed by atoms with Crippen LogP contribution in [0.15, 0.2) is 35.6 Å². The standard InChI is InChI=1S/C13H14N4O2S/c1-8(2)15-10-6-4-3-5-9(10)12(18)16-13-14-7-11(17-19)20-13/h3-8,15H,1-2H3,(H,14,16,18). The van der Waals surface area contributed by atoms with Crippen LogP contribution in [0.4, 0.5) is 15.8 Å². The third-order valence-electron chi connectivity index (χ3n) is 2.42. The molecule has 0 unspecified atom stereocenters. The summed E-state index contributed by atoms with van der Waals surface area (Å²) in [6, 6.07) is 7.44. The fourth-order valence-electron chi connectivity index (χ4n) is 1.65. The number of para-hydroxylation sites is 1. The van der Waals surface area contributed by atoms with Gasteiger partial charge < -0.3 is 5.32 Å². The maximum Gasteiger partial charge on any atom is 0.259 e. The molecule has 0 spiro atoms. The lowest BCUT2D eigenvalue weighted by Crippen LogP contribution is -2.17. The fraction of sp³-hybridized carbons (Fsp3) is 0.231. The summed E-state index contributed by atoms with van der Waals surface area (Å²) in [4.78, 5) is 26.5. The number of amides is 1. The number of nitrogens with one attached hydrogen (secondary N) is 2. The molecule has 0 saturated heterocycles. The monoisotopic (exact) mass is 290 g/mol. The molecule has 2 aromatic rings. The van der Waals surface area contributed by atoms with Gasteiger partial charge in [0.1, 0.15) is 0 Å². The van der Waals surface area contributed by atoms with Crippen molar-refractivity contribution in [1.29, 1.82) is 0 Å². The highest BCUT2D eigenvalue weighted by Gasteiger charge is 2.13. The van der Waals surface area contributed by atoms with Gasteiger partial charge in [0.2, 0.25) is 0 Å². The number of nitroso groups, excluding NO2 is 1. The Morgan fingerprint density at radius 2 is 2.10 bits per heavy atom. The second-order valence-electron chi connectivity index (χ2n) is 4.39. The van der Waals surface area contributed by atoms with E-state index in [0.29, 0.717) is 10.7 Å². The summed E-state index contributed by atoms with van der Waals surface area (Å²) in [6.45, 7) is 4.00. The minimum atomic E-state index is -0.277. The van der Waals surface area contributed by atoms with E-state index in [9.17, 15) is 9.70 Å². The maximum atomic E-state index is 12.2. The number of thiazole rings is 1. The number of aromatic nitrogens is 1. The van der Waals surface area contributed by atoms with Crippen LogP contribution in [0.1, 0.15) is 24.2 Å². The molecular formula is C13H14N4O2S. The van der Waals surface area contributed by atoms with E-state index in [4.69, 9.17) is 0 Å². The van der Waals surface area contributed by atoms with E-state index in [1.165, 1.54) is 6.20 Å². The summed E-state index contributed by atoms with van der Waals surface area (Å²) in [5.74, 6) is -0.277. The van der Waals surface area contributed by atoms with Crippen LogP contribution in [0.3, 0.4) is 0 Å². The summed E-state index contributed by atoms with van der Waals surface area (Å²) in [5, 5.41) is 9.22. The molecule has 1 amide bonds. The van der Waals surface area contributed by atoms with Crippen LogP contribution in [-0.2, 0) is 0 Å². The van der Waals surface area contributed by atoms with Crippen LogP contribution in [0, 0.1) is 4.91 Å². The Hall–Kier alpha value is -2.28. The Morgan fingerprint density at radius 3 is 2.75 bits per heavy atom. The highest BCUT2D eigenvalue weighted by atomic mass is 32.1. The number of carbonyl (C=O) groups is 1. The molecule has 7 heteroatoms. The Balaban J connectivity index is 2.18. The van der Waals surface area contributed by atoms with Gasteiger partial charge in [0.05, 0.1) is 11.8 Å². The molecule has 1 heterocycles. The van der Waals surface area contributed by atoms with Crippen molar-refractivity contribution in [2.24, 2.45) is 5.18 Å². The van der Waals surface area contributed by atoms with E-state index in [1.807, 2.05) is 26.0 Å². The molecule has 0 saturated carbocycles. The molecule has 0 aliphatic rings. The summed E-state index contributed by atoms with van der Waals surface area (Å²) < 4.78 is 0. The Kier molecular flexibility index (Phi) is 4.41. The molecule has 0 fully saturated rings. The number of carbonyl (C=O) groups excluding carboxylic acids is 1. The predicted molar refractivity (Wildman–Crippen MR) is 80.7 cm³/mol. The Labute approximate surface area is 120 Å². The molecule has 1 aromatic carbocycles. The van der Waals surface area contributed by atoms with Gasteiger partial charge in [0, 0.05) is 11.7 Å². The fourth-order valence-corrected chi connectivity index (χ4v) is 2.24. The van der Waals surface area contributed by atoms with Gasteiger partial charge in [-0.1, -0.05) is 23.5 Å². The van der Waals surface area contributed by atoms with Crippen molar-refractivity contribution in [2.45, 2.75) is 19.9 Å². The molecule has 104 valence electrons. The molecule has 2 N–H and O–H groups in total. The highest BCUT2D eigenvalue weighted by Crippen LogP contribution is 2.26. The van der Waals surface area contributed by atoms with Crippen LogP contribution in [-0.4, -0.2) is 16.9 Å². The SMILES string of the molecule is CC(C)Nc1ccccc1C(=O)Nc1ncc(N=O)s1. The van der Waals surface area contributed by atoms with E-state index in [0.717, 1.165) is 17.0 Å². The molecule has 20 heavy (non-hydrogen) atoms. The normalized spacial score (nSPS) is 10.3. The molecule has 2 rings (SSSR count). The number of hydrogen-bond acceptors (Lipinski definition) is 6. The van der Waals surface area contributed by atoms with Crippen LogP contribution < -0.4 is 10.6 Å². The van der Waals surface area contributed by atoms with E-state index in [-0.39, 0.29) is 17.0 Å². The van der Waals surface area contributed by atoms with Crippen LogP contribution in [0.25, 0.3) is 0 Å². The molecule has 1 aromatic heterocycles. The zero-order chi connectivity index (χ0) is 14.5. The van der Waals surface area contributed by atoms with Crippen molar-refractivity contribution in [3.05, 3.63) is 40.9 Å². The lowest BCUT2D eigenvalue weighted by molar-refractivity contribution is 0.102. The third-order valence-corrected chi connectivity index (χ3v) is 3.21. The van der Waals surface area contributed by atoms with Gasteiger partial charge in [-0.3, -0.25) is 10.1 Å². The first kappa shape index (κ1) is 14.1. The van der Waals surface area contributed by atoms with E-state index in [2.05, 4.69) is 20.8 Å². The second-order valence-corrected chi connectivity index (χ2v) is 5.40. The van der Waals surface area contributed by atoms with Crippen LogP contribution >= 0.6 is 11.3 Å². The first-order valence-electron chi connectivity index (χ1n) is 6.06. The van der Waals surface area contributed by atoms with Crippen molar-refractivity contribution in [1.82, 2.24) is 4.98 Å². The summed E-state index contributed by atoms with van der Waals surface area (Å²) in [6.07, 6.45) is 1.32. The smallest absolute Gasteiger partial charge is 0.259 e. The van der Waals surface area contributed by atoms with Crippen molar-refractivity contribution >= 4 is 33.1 Å². The van der Waals surface area contributed by atoms with Gasteiger partial charge in [0.15, 0.2) is 10.1 Å². The summed E-state index contributed by atoms with van der Waals surface area (Å²) in [7, 11) is 0. The molecule has 6 nitrogen and oxygen atoms in total. The largest absolute Gasteiger partial charge is 0.382 e. The van der Waals surface area contributed by atoms with Gasteiger partial charge in [0.25, 0.3) is 5.91 Å². The summed E-state index contributed by atoms with van der Waals surface area (Å²) >= 11 is 1.03. The quantitative estimate of drug-likeness (QED) is 0.824. The molecule has 0 radical (unpaired) electrons. The van der Waals surface area contributed by atoms with Crippen LogP contribution in [0.2, 0.25) is 0 Å². The molecule has 0 aliphatic heterocycles. The first-order chi connectivity index (χ1) is 9.60. The average molecular weight is 290 g/mol. The van der Waals surface area contributed by atoms with Crippen LogP contribution in [0.5, 0.6) is 0 Å². The number of hydrogen-bond donors (Lipinski definition) is 2. The second kappa shape index (κ2) is 6.25. The summed E-state index contributed by atoms with van der Waals surface area (Å²) in [5.41, 5.74) is 1.28. The number of benzene rings is 1. The van der Waals surface area contributed by atoms with Gasteiger partial charge in [-0.2, -0.15) is 0 Å². The zero-order valence-corrected chi connectivity index (χ0v) is 11.9. The van der Waals surface area contributed by atoms with E-state index < -0.39 is 0 Å². The van der Waals surface area contributed by atoms with Gasteiger partial charge in [-0.25, -0.2) is 4.98 Å². The topological polar surface area (TPSA) is 83.4 Å². The molecule has 0 atom stereocenters. The van der Waals surface area contributed by atoms with Crippen molar-refractivity contribution in [2.75, 3.05) is 10.6 Å². The lowest BCUT2D eigenvalue weighted by Gasteiger charge is -2.13. The van der Waals surface area contributed by atoms with Gasteiger partial charge in [-0.05, 0) is 31.2 Å². The molecule has 0 aliphatic carbocycles. The predicted octanol–water partition coefficient (Wildman–Crippen LogP) is 3.61. The molecule has 0 bridgehead atoms. The van der Waals surface area contributed by atoms with Crippen molar-refractivity contribution < 1.29 is 4.79 Å². The first-order valence-corrected chi connectivity index (χ1v) is 6.88. The van der Waals surface area contributed by atoms with Gasteiger partial charge in [-0.15, -0.1) is 4.91 Å². The van der Waals surface area contributed by atoms with Crippen molar-refractivity contribution in [3.63, 3.8) is 0 Å². The van der Waals surface area contributed by atoms with Crippen molar-refractivity contribution in [3.8, 4) is 0 Å². The van der Waals surface area contributed by atoms with Gasteiger partial charge >= 0.3 is 0 Å². The number of rotatable bonds is 5. The Bertz CT molecular complexity index is 624.